The van der Waals surface area contributed by atoms with Gasteiger partial charge in [0.15, 0.2) is 0 Å². The molecule has 2 fully saturated rings. The average molecular weight is 268 g/mol. The number of hydrogen-bond donors (Lipinski definition) is 1. The van der Waals surface area contributed by atoms with Crippen molar-refractivity contribution in [2.45, 2.75) is 51.5 Å². The van der Waals surface area contributed by atoms with Crippen LogP contribution in [-0.2, 0) is 9.53 Å². The van der Waals surface area contributed by atoms with E-state index in [2.05, 4.69) is 12.2 Å². The van der Waals surface area contributed by atoms with E-state index in [1.165, 1.54) is 19.4 Å². The van der Waals surface area contributed by atoms with Crippen molar-refractivity contribution >= 4 is 5.91 Å². The summed E-state index contributed by atoms with van der Waals surface area (Å²) < 4.78 is 5.38. The number of piperidine rings is 1. The van der Waals surface area contributed by atoms with Crippen molar-refractivity contribution in [3.8, 4) is 0 Å². The lowest BCUT2D eigenvalue weighted by molar-refractivity contribution is -0.133. The van der Waals surface area contributed by atoms with Gasteiger partial charge in [0.1, 0.15) is 0 Å². The zero-order chi connectivity index (χ0) is 13.5. The SMILES string of the molecule is CCCOCCC(=O)N1CCC(NCC2CC2)CC1. The van der Waals surface area contributed by atoms with Gasteiger partial charge in [-0.25, -0.2) is 0 Å². The van der Waals surface area contributed by atoms with Crippen LogP contribution in [0.2, 0.25) is 0 Å². The summed E-state index contributed by atoms with van der Waals surface area (Å²) in [5.74, 6) is 1.20. The number of nitrogens with zero attached hydrogens (tertiary/aromatic N) is 1. The second-order valence-corrected chi connectivity index (χ2v) is 5.87. The van der Waals surface area contributed by atoms with Gasteiger partial charge in [0, 0.05) is 25.7 Å². The van der Waals surface area contributed by atoms with Crippen LogP contribution in [-0.4, -0.2) is 49.7 Å². The molecule has 0 atom stereocenters. The minimum Gasteiger partial charge on any atom is -0.381 e. The van der Waals surface area contributed by atoms with E-state index in [1.54, 1.807) is 0 Å². The normalized spacial score (nSPS) is 20.8. The van der Waals surface area contributed by atoms with Crippen LogP contribution in [0.5, 0.6) is 0 Å². The third-order valence-corrected chi connectivity index (χ3v) is 4.05. The Morgan fingerprint density at radius 1 is 1.21 bits per heavy atom. The van der Waals surface area contributed by atoms with Gasteiger partial charge in [-0.2, -0.15) is 0 Å². The Morgan fingerprint density at radius 2 is 1.95 bits per heavy atom. The van der Waals surface area contributed by atoms with E-state index >= 15 is 0 Å². The minimum atomic E-state index is 0.261. The quantitative estimate of drug-likeness (QED) is 0.682. The molecule has 2 rings (SSSR count). The van der Waals surface area contributed by atoms with Crippen LogP contribution in [0.4, 0.5) is 0 Å². The molecule has 1 saturated heterocycles. The van der Waals surface area contributed by atoms with Gasteiger partial charge in [0.05, 0.1) is 13.0 Å². The predicted molar refractivity (Wildman–Crippen MR) is 76.1 cm³/mol. The fourth-order valence-corrected chi connectivity index (χ4v) is 2.55. The van der Waals surface area contributed by atoms with E-state index in [0.29, 0.717) is 19.1 Å². The van der Waals surface area contributed by atoms with E-state index in [-0.39, 0.29) is 5.91 Å². The lowest BCUT2D eigenvalue weighted by atomic mass is 10.0. The number of likely N-dealkylation sites (tertiary alicyclic amines) is 1. The minimum absolute atomic E-state index is 0.261. The van der Waals surface area contributed by atoms with Crippen LogP contribution in [0, 0.1) is 5.92 Å². The van der Waals surface area contributed by atoms with Gasteiger partial charge in [-0.3, -0.25) is 4.79 Å². The first-order chi connectivity index (χ1) is 9.29. The molecule has 2 aliphatic rings. The van der Waals surface area contributed by atoms with Gasteiger partial charge >= 0.3 is 0 Å². The van der Waals surface area contributed by atoms with Crippen molar-refractivity contribution in [1.29, 1.82) is 0 Å². The van der Waals surface area contributed by atoms with Crippen LogP contribution >= 0.6 is 0 Å². The van der Waals surface area contributed by atoms with Gasteiger partial charge in [-0.15, -0.1) is 0 Å². The van der Waals surface area contributed by atoms with Crippen molar-refractivity contribution in [3.63, 3.8) is 0 Å². The molecule has 0 unspecified atom stereocenters. The van der Waals surface area contributed by atoms with Crippen LogP contribution in [0.1, 0.15) is 45.4 Å². The Balaban J connectivity index is 1.54. The highest BCUT2D eigenvalue weighted by Crippen LogP contribution is 2.28. The molecule has 1 amide bonds. The highest BCUT2D eigenvalue weighted by molar-refractivity contribution is 5.76. The van der Waals surface area contributed by atoms with Gasteiger partial charge < -0.3 is 15.0 Å². The fraction of sp³-hybridized carbons (Fsp3) is 0.933. The number of amides is 1. The molecule has 0 aromatic carbocycles. The number of carbonyl (C=O) groups is 1. The van der Waals surface area contributed by atoms with Crippen molar-refractivity contribution in [2.24, 2.45) is 5.92 Å². The largest absolute Gasteiger partial charge is 0.381 e. The molecule has 1 saturated carbocycles. The molecule has 0 spiro atoms. The maximum atomic E-state index is 12.0. The summed E-state index contributed by atoms with van der Waals surface area (Å²) in [6, 6.07) is 0.626. The Morgan fingerprint density at radius 3 is 2.58 bits per heavy atom. The smallest absolute Gasteiger partial charge is 0.224 e. The third-order valence-electron chi connectivity index (χ3n) is 4.05. The summed E-state index contributed by atoms with van der Waals surface area (Å²) in [5, 5.41) is 3.64. The molecule has 0 radical (unpaired) electrons. The van der Waals surface area contributed by atoms with Crippen molar-refractivity contribution in [2.75, 3.05) is 32.8 Å². The fourth-order valence-electron chi connectivity index (χ4n) is 2.55. The highest BCUT2D eigenvalue weighted by atomic mass is 16.5. The Hall–Kier alpha value is -0.610. The molecule has 0 bridgehead atoms. The summed E-state index contributed by atoms with van der Waals surface area (Å²) >= 11 is 0. The zero-order valence-electron chi connectivity index (χ0n) is 12.2. The highest BCUT2D eigenvalue weighted by Gasteiger charge is 2.25. The maximum absolute atomic E-state index is 12.0. The Labute approximate surface area is 116 Å². The van der Waals surface area contributed by atoms with E-state index in [4.69, 9.17) is 4.74 Å². The van der Waals surface area contributed by atoms with E-state index < -0.39 is 0 Å². The Bertz CT molecular complexity index is 271. The molecule has 1 aliphatic carbocycles. The maximum Gasteiger partial charge on any atom is 0.224 e. The molecule has 0 aromatic rings. The molecule has 4 nitrogen and oxygen atoms in total. The number of ether oxygens (including phenoxy) is 1. The molecular formula is C15H28N2O2. The standard InChI is InChI=1S/C15H28N2O2/c1-2-10-19-11-7-15(18)17-8-5-14(6-9-17)16-12-13-3-4-13/h13-14,16H,2-12H2,1H3. The second-order valence-electron chi connectivity index (χ2n) is 5.87. The van der Waals surface area contributed by atoms with Crippen molar-refractivity contribution in [1.82, 2.24) is 10.2 Å². The molecular weight excluding hydrogens is 240 g/mol. The van der Waals surface area contributed by atoms with Crippen molar-refractivity contribution in [3.05, 3.63) is 0 Å². The van der Waals surface area contributed by atoms with Gasteiger partial charge in [-0.1, -0.05) is 6.92 Å². The zero-order valence-corrected chi connectivity index (χ0v) is 12.2. The third kappa shape index (κ3) is 5.49. The van der Waals surface area contributed by atoms with Gasteiger partial charge in [-0.05, 0) is 44.6 Å². The van der Waals surface area contributed by atoms with E-state index in [0.717, 1.165) is 44.9 Å². The molecule has 19 heavy (non-hydrogen) atoms. The molecule has 4 heteroatoms. The number of rotatable bonds is 8. The molecule has 0 aromatic heterocycles. The summed E-state index contributed by atoms with van der Waals surface area (Å²) in [7, 11) is 0. The number of nitrogens with one attached hydrogen (secondary N) is 1. The van der Waals surface area contributed by atoms with Gasteiger partial charge in [0.2, 0.25) is 5.91 Å². The molecule has 1 aliphatic heterocycles. The monoisotopic (exact) mass is 268 g/mol. The summed E-state index contributed by atoms with van der Waals surface area (Å²) in [6.07, 6.45) is 6.58. The van der Waals surface area contributed by atoms with E-state index in [1.807, 2.05) is 4.90 Å². The van der Waals surface area contributed by atoms with Gasteiger partial charge in [0.25, 0.3) is 0 Å². The number of carbonyl (C=O) groups excluding carboxylic acids is 1. The van der Waals surface area contributed by atoms with Crippen LogP contribution in [0.3, 0.4) is 0 Å². The van der Waals surface area contributed by atoms with Crippen LogP contribution in [0.15, 0.2) is 0 Å². The van der Waals surface area contributed by atoms with Crippen LogP contribution in [0.25, 0.3) is 0 Å². The Kier molecular flexibility index (Phi) is 6.11. The summed E-state index contributed by atoms with van der Waals surface area (Å²) in [4.78, 5) is 14.0. The second kappa shape index (κ2) is 7.85. The lowest BCUT2D eigenvalue weighted by Crippen LogP contribution is -2.45. The molecule has 110 valence electrons. The first kappa shape index (κ1) is 14.8. The molecule has 1 heterocycles. The van der Waals surface area contributed by atoms with E-state index in [9.17, 15) is 4.79 Å². The van der Waals surface area contributed by atoms with Crippen molar-refractivity contribution < 1.29 is 9.53 Å². The lowest BCUT2D eigenvalue weighted by Gasteiger charge is -2.32. The summed E-state index contributed by atoms with van der Waals surface area (Å²) in [6.45, 7) is 6.43. The summed E-state index contributed by atoms with van der Waals surface area (Å²) in [5.41, 5.74) is 0. The topological polar surface area (TPSA) is 41.6 Å². The average Bonchev–Trinajstić information content (AvgIpc) is 3.26. The number of hydrogen-bond acceptors (Lipinski definition) is 3. The first-order valence-corrected chi connectivity index (χ1v) is 7.88. The predicted octanol–water partition coefficient (Wildman–Crippen LogP) is 1.79. The molecule has 1 N–H and O–H groups in total. The first-order valence-electron chi connectivity index (χ1n) is 7.88. The van der Waals surface area contributed by atoms with Crippen LogP contribution < -0.4 is 5.32 Å².